The van der Waals surface area contributed by atoms with Gasteiger partial charge < -0.3 is 5.11 Å². The number of carboxylic acid groups (broad SMARTS) is 1. The van der Waals surface area contributed by atoms with Gasteiger partial charge in [0.05, 0.1) is 22.9 Å². The molecule has 1 rings (SSSR count). The molecule has 0 aromatic heterocycles. The quantitative estimate of drug-likeness (QED) is 0.587. The third-order valence-electron chi connectivity index (χ3n) is 2.08. The normalized spacial score (nSPS) is 19.7. The fourth-order valence-electron chi connectivity index (χ4n) is 1.46. The van der Waals surface area contributed by atoms with E-state index in [1.54, 1.807) is 0 Å². The molecule has 0 spiro atoms. The van der Waals surface area contributed by atoms with Gasteiger partial charge in [-0.15, -0.1) is 0 Å². The summed E-state index contributed by atoms with van der Waals surface area (Å²) in [5.41, 5.74) is 0. The Kier molecular flexibility index (Phi) is 3.42. The van der Waals surface area contributed by atoms with E-state index in [0.29, 0.717) is 0 Å². The van der Waals surface area contributed by atoms with Gasteiger partial charge in [0.25, 0.3) is 0 Å². The van der Waals surface area contributed by atoms with Crippen LogP contribution in [0.2, 0.25) is 0 Å². The molecule has 0 radical (unpaired) electrons. The van der Waals surface area contributed by atoms with E-state index < -0.39 is 6.09 Å². The minimum atomic E-state index is -0.808. The van der Waals surface area contributed by atoms with Gasteiger partial charge in [0.2, 0.25) is 0 Å². The Morgan fingerprint density at radius 2 is 1.91 bits per heavy atom. The highest BCUT2D eigenvalue weighted by Crippen LogP contribution is 2.24. The zero-order chi connectivity index (χ0) is 8.27. The van der Waals surface area contributed by atoms with Crippen molar-refractivity contribution in [2.24, 2.45) is 0 Å². The van der Waals surface area contributed by atoms with Crippen LogP contribution in [0.25, 0.3) is 0 Å². The Morgan fingerprint density at radius 3 is 2.36 bits per heavy atom. The van der Waals surface area contributed by atoms with E-state index in [1.165, 1.54) is 22.4 Å². The van der Waals surface area contributed by atoms with Crippen LogP contribution in [0.5, 0.6) is 0 Å². The van der Waals surface area contributed by atoms with Crippen LogP contribution >= 0.6 is 22.9 Å². The Bertz CT molecular complexity index is 145. The molecule has 3 nitrogen and oxygen atoms in total. The van der Waals surface area contributed by atoms with Gasteiger partial charge >= 0.3 is 6.09 Å². The van der Waals surface area contributed by atoms with E-state index >= 15 is 0 Å². The first-order valence-electron chi connectivity index (χ1n) is 3.90. The highest BCUT2D eigenvalue weighted by Gasteiger charge is 2.22. The third-order valence-corrected chi connectivity index (χ3v) is 3.28. The summed E-state index contributed by atoms with van der Waals surface area (Å²) in [5, 5.41) is 8.65. The van der Waals surface area contributed by atoms with Crippen molar-refractivity contribution in [3.05, 3.63) is 0 Å². The monoisotopic (exact) mass is 269 g/mol. The number of amides is 1. The van der Waals surface area contributed by atoms with Crippen molar-refractivity contribution in [3.8, 4) is 0 Å². The van der Waals surface area contributed by atoms with Crippen LogP contribution in [0.3, 0.4) is 0 Å². The van der Waals surface area contributed by atoms with Crippen molar-refractivity contribution >= 4 is 29.0 Å². The van der Waals surface area contributed by atoms with Gasteiger partial charge in [-0.25, -0.2) is 7.91 Å². The molecule has 1 fully saturated rings. The Hall–Kier alpha value is 0. The van der Waals surface area contributed by atoms with Crippen LogP contribution in [-0.2, 0) is 0 Å². The molecule has 0 heterocycles. The lowest BCUT2D eigenvalue weighted by atomic mass is 9.96. The van der Waals surface area contributed by atoms with Gasteiger partial charge in [0, 0.05) is 6.04 Å². The van der Waals surface area contributed by atoms with E-state index in [-0.39, 0.29) is 6.04 Å². The zero-order valence-electron chi connectivity index (χ0n) is 6.29. The molecule has 0 bridgehead atoms. The first-order valence-corrected chi connectivity index (χ1v) is 4.86. The molecular formula is C7H12INO2. The molecule has 64 valence electrons. The topological polar surface area (TPSA) is 40.5 Å². The van der Waals surface area contributed by atoms with E-state index in [1.807, 2.05) is 22.9 Å². The van der Waals surface area contributed by atoms with Crippen LogP contribution in [0.4, 0.5) is 4.79 Å². The molecule has 1 saturated carbocycles. The van der Waals surface area contributed by atoms with Gasteiger partial charge in [0.15, 0.2) is 0 Å². The van der Waals surface area contributed by atoms with Crippen LogP contribution in [-0.4, -0.2) is 20.4 Å². The minimum absolute atomic E-state index is 0.266. The predicted molar refractivity (Wildman–Crippen MR) is 50.8 cm³/mol. The summed E-state index contributed by atoms with van der Waals surface area (Å²) in [7, 11) is 0. The summed E-state index contributed by atoms with van der Waals surface area (Å²) in [6.45, 7) is 0. The minimum Gasteiger partial charge on any atom is -0.464 e. The molecular weight excluding hydrogens is 257 g/mol. The highest BCUT2D eigenvalue weighted by atomic mass is 127. The molecule has 1 amide bonds. The number of halogens is 1. The molecule has 0 atom stereocenters. The van der Waals surface area contributed by atoms with E-state index in [0.717, 1.165) is 12.8 Å². The summed E-state index contributed by atoms with van der Waals surface area (Å²) in [4.78, 5) is 10.5. The average Bonchev–Trinajstić information content (AvgIpc) is 2.05. The lowest BCUT2D eigenvalue weighted by Gasteiger charge is -2.26. The average molecular weight is 269 g/mol. The van der Waals surface area contributed by atoms with Gasteiger partial charge in [0.1, 0.15) is 0 Å². The summed E-state index contributed by atoms with van der Waals surface area (Å²) in [6.07, 6.45) is 4.89. The molecule has 1 aliphatic carbocycles. The summed E-state index contributed by atoms with van der Waals surface area (Å²) in [6, 6.07) is 0.266. The molecule has 1 N–H and O–H groups in total. The molecule has 0 aliphatic heterocycles. The highest BCUT2D eigenvalue weighted by molar-refractivity contribution is 14.1. The zero-order valence-corrected chi connectivity index (χ0v) is 8.45. The van der Waals surface area contributed by atoms with Gasteiger partial charge in [-0.1, -0.05) is 19.3 Å². The standard InChI is InChI=1S/C7H12INO2/c8-9(7(10)11)6-4-2-1-3-5-6/h6H,1-5H2,(H,10,11). The second-order valence-electron chi connectivity index (χ2n) is 2.89. The first kappa shape index (κ1) is 9.09. The summed E-state index contributed by atoms with van der Waals surface area (Å²) >= 11 is 1.88. The lowest BCUT2D eigenvalue weighted by Crippen LogP contribution is -2.32. The predicted octanol–water partition coefficient (Wildman–Crippen LogP) is 2.65. The fraction of sp³-hybridized carbons (Fsp3) is 0.857. The molecule has 0 aromatic rings. The Morgan fingerprint density at radius 1 is 1.36 bits per heavy atom. The number of rotatable bonds is 1. The number of hydrogen-bond donors (Lipinski definition) is 1. The number of hydrogen-bond acceptors (Lipinski definition) is 1. The van der Waals surface area contributed by atoms with Gasteiger partial charge in [-0.2, -0.15) is 0 Å². The molecule has 0 aromatic carbocycles. The van der Waals surface area contributed by atoms with E-state index in [4.69, 9.17) is 5.11 Å². The molecule has 1 aliphatic rings. The number of nitrogens with zero attached hydrogens (tertiary/aromatic N) is 1. The van der Waals surface area contributed by atoms with Crippen molar-refractivity contribution in [1.82, 2.24) is 3.11 Å². The van der Waals surface area contributed by atoms with Crippen molar-refractivity contribution in [3.63, 3.8) is 0 Å². The summed E-state index contributed by atoms with van der Waals surface area (Å²) in [5.74, 6) is 0. The van der Waals surface area contributed by atoms with Crippen molar-refractivity contribution in [2.45, 2.75) is 38.1 Å². The summed E-state index contributed by atoms with van der Waals surface area (Å²) < 4.78 is 1.41. The number of carbonyl (C=O) groups is 1. The van der Waals surface area contributed by atoms with Crippen LogP contribution in [0.1, 0.15) is 32.1 Å². The Balaban J connectivity index is 2.38. The maximum Gasteiger partial charge on any atom is 0.416 e. The van der Waals surface area contributed by atoms with Crippen molar-refractivity contribution in [1.29, 1.82) is 0 Å². The lowest BCUT2D eigenvalue weighted by molar-refractivity contribution is 0.163. The van der Waals surface area contributed by atoms with Gasteiger partial charge in [-0.3, -0.25) is 0 Å². The largest absolute Gasteiger partial charge is 0.464 e. The van der Waals surface area contributed by atoms with Crippen LogP contribution in [0.15, 0.2) is 0 Å². The van der Waals surface area contributed by atoms with E-state index in [2.05, 4.69) is 0 Å². The molecule has 11 heavy (non-hydrogen) atoms. The van der Waals surface area contributed by atoms with E-state index in [9.17, 15) is 4.79 Å². The second-order valence-corrected chi connectivity index (χ2v) is 3.93. The van der Waals surface area contributed by atoms with Crippen LogP contribution in [0, 0.1) is 0 Å². The maximum atomic E-state index is 10.5. The SMILES string of the molecule is O=C(O)N(I)C1CCCCC1. The van der Waals surface area contributed by atoms with Crippen molar-refractivity contribution in [2.75, 3.05) is 0 Å². The maximum absolute atomic E-state index is 10.5. The first-order chi connectivity index (χ1) is 5.22. The van der Waals surface area contributed by atoms with Crippen LogP contribution < -0.4 is 0 Å². The Labute approximate surface area is 80.3 Å². The molecule has 0 saturated heterocycles. The van der Waals surface area contributed by atoms with Gasteiger partial charge in [-0.05, 0) is 12.8 Å². The van der Waals surface area contributed by atoms with Crippen molar-refractivity contribution < 1.29 is 9.90 Å². The second kappa shape index (κ2) is 4.13. The molecule has 0 unspecified atom stereocenters. The third kappa shape index (κ3) is 2.50. The fourth-order valence-corrected chi connectivity index (χ4v) is 2.02. The molecule has 4 heteroatoms. The smallest absolute Gasteiger partial charge is 0.416 e.